The first-order valence-corrected chi connectivity index (χ1v) is 10.2. The highest BCUT2D eigenvalue weighted by Gasteiger charge is 2.22. The predicted octanol–water partition coefficient (Wildman–Crippen LogP) is 1.30. The van der Waals surface area contributed by atoms with Crippen LogP contribution in [0, 0.1) is 0 Å². The molecule has 0 atom stereocenters. The van der Waals surface area contributed by atoms with E-state index in [1.54, 1.807) is 0 Å². The summed E-state index contributed by atoms with van der Waals surface area (Å²) >= 11 is 4.19. The third-order valence-electron chi connectivity index (χ3n) is 1.96. The fraction of sp³-hybridized carbons (Fsp3) is 0.636. The van der Waals surface area contributed by atoms with E-state index < -0.39 is 23.9 Å². The van der Waals surface area contributed by atoms with Crippen LogP contribution in [-0.4, -0.2) is 76.5 Å². The third-order valence-corrected chi connectivity index (χ3v) is 7.50. The van der Waals surface area contributed by atoms with Crippen LogP contribution in [0.15, 0.2) is 0 Å². The van der Waals surface area contributed by atoms with Crippen LogP contribution in [0.25, 0.3) is 0 Å². The lowest BCUT2D eigenvalue weighted by atomic mass is 10.5. The Bertz CT molecular complexity index is 356. The van der Waals surface area contributed by atoms with E-state index in [0.717, 1.165) is 47.0 Å². The van der Waals surface area contributed by atoms with Gasteiger partial charge in [0.25, 0.3) is 0 Å². The lowest BCUT2D eigenvalue weighted by molar-refractivity contribution is -0.135. The van der Waals surface area contributed by atoms with E-state index in [1.165, 1.54) is 0 Å². The lowest BCUT2D eigenvalue weighted by Gasteiger charge is -2.20. The number of carboxylic acids is 4. The number of hydrogen-bond donors (Lipinski definition) is 4. The number of hydrogen-bond acceptors (Lipinski definition) is 8. The molecule has 132 valence electrons. The van der Waals surface area contributed by atoms with Gasteiger partial charge in [0.15, 0.2) is 0 Å². The molecule has 0 saturated carbocycles. The Morgan fingerprint density at radius 1 is 0.565 bits per heavy atom. The molecule has 0 unspecified atom stereocenters. The summed E-state index contributed by atoms with van der Waals surface area (Å²) in [5, 5.41) is 34.9. The summed E-state index contributed by atoms with van der Waals surface area (Å²) in [6.07, 6.45) is 0.297. The largest absolute Gasteiger partial charge is 0.481 e. The minimum absolute atomic E-state index is 0.211. The molecule has 0 aliphatic carbocycles. The molecule has 0 heterocycles. The lowest BCUT2D eigenvalue weighted by Crippen LogP contribution is -2.16. The molecule has 0 aliphatic heterocycles. The molecule has 0 spiro atoms. The Balaban J connectivity index is 4.67. The maximum absolute atomic E-state index is 10.6. The molecule has 0 fully saturated rings. The first-order valence-electron chi connectivity index (χ1n) is 6.04. The summed E-state index contributed by atoms with van der Waals surface area (Å²) in [6.45, 7) is 0. The van der Waals surface area contributed by atoms with Gasteiger partial charge < -0.3 is 20.4 Å². The third kappa shape index (κ3) is 14.6. The highest BCUT2D eigenvalue weighted by atomic mass is 32.2. The van der Waals surface area contributed by atoms with Crippen molar-refractivity contribution in [2.24, 2.45) is 0 Å². The summed E-state index contributed by atoms with van der Waals surface area (Å²) in [4.78, 5) is 42.6. The summed E-state index contributed by atoms with van der Waals surface area (Å²) in [5.41, 5.74) is 0. The molecule has 0 aromatic rings. The molecular weight excluding hydrogens is 388 g/mol. The van der Waals surface area contributed by atoms with Crippen LogP contribution < -0.4 is 0 Å². The van der Waals surface area contributed by atoms with E-state index in [9.17, 15) is 19.2 Å². The summed E-state index contributed by atoms with van der Waals surface area (Å²) in [7, 11) is 0. The molecule has 4 N–H and O–H groups in total. The van der Waals surface area contributed by atoms with E-state index >= 15 is 0 Å². The van der Waals surface area contributed by atoms with Crippen LogP contribution in [-0.2, 0) is 19.2 Å². The zero-order chi connectivity index (χ0) is 17.8. The predicted molar refractivity (Wildman–Crippen MR) is 92.6 cm³/mol. The monoisotopic (exact) mass is 404 g/mol. The highest BCUT2D eigenvalue weighted by Crippen LogP contribution is 2.36. The van der Waals surface area contributed by atoms with Crippen molar-refractivity contribution in [2.45, 2.75) is 15.6 Å². The first-order chi connectivity index (χ1) is 10.7. The fourth-order valence-corrected chi connectivity index (χ4v) is 5.88. The van der Waals surface area contributed by atoms with E-state index in [4.69, 9.17) is 20.4 Å². The van der Waals surface area contributed by atoms with Crippen molar-refractivity contribution in [3.8, 4) is 0 Å². The van der Waals surface area contributed by atoms with Crippen molar-refractivity contribution in [1.82, 2.24) is 0 Å². The molecular formula is C11H16O8S4. The van der Waals surface area contributed by atoms with Crippen LogP contribution >= 0.6 is 47.0 Å². The fourth-order valence-electron chi connectivity index (χ4n) is 1.18. The summed E-state index contributed by atoms with van der Waals surface area (Å²) in [6, 6.07) is 0. The average molecular weight is 405 g/mol. The topological polar surface area (TPSA) is 149 Å². The zero-order valence-electron chi connectivity index (χ0n) is 11.7. The molecule has 0 rings (SSSR count). The van der Waals surface area contributed by atoms with E-state index in [-0.39, 0.29) is 32.2 Å². The number of carboxylic acid groups (broad SMARTS) is 4. The van der Waals surface area contributed by atoms with Gasteiger partial charge in [-0.25, -0.2) is 0 Å². The number of carbonyl (C=O) groups is 4. The van der Waals surface area contributed by atoms with Crippen molar-refractivity contribution in [3.63, 3.8) is 0 Å². The van der Waals surface area contributed by atoms with Crippen LogP contribution in [0.2, 0.25) is 0 Å². The Kier molecular flexibility index (Phi) is 12.3. The maximum atomic E-state index is 10.6. The quantitative estimate of drug-likeness (QED) is 0.309. The standard InChI is InChI=1S/C11H16O8S4/c12-6(13)2-20-10(21-3-7(14)15)1-11(22-4-8(16)17)23-5-9(18)19/h10-11H,1-5H2,(H,12,13)(H,14,15)(H,16,17)(H,18,19). The van der Waals surface area contributed by atoms with Gasteiger partial charge in [-0.1, -0.05) is 0 Å². The van der Waals surface area contributed by atoms with E-state index in [2.05, 4.69) is 0 Å². The van der Waals surface area contributed by atoms with Gasteiger partial charge in [0.2, 0.25) is 0 Å². The van der Waals surface area contributed by atoms with Gasteiger partial charge in [0.05, 0.1) is 32.2 Å². The molecule has 23 heavy (non-hydrogen) atoms. The van der Waals surface area contributed by atoms with Crippen LogP contribution in [0.5, 0.6) is 0 Å². The second-order valence-corrected chi connectivity index (χ2v) is 9.27. The molecule has 0 saturated heterocycles. The zero-order valence-corrected chi connectivity index (χ0v) is 15.0. The maximum Gasteiger partial charge on any atom is 0.313 e. The molecule has 0 aromatic carbocycles. The second kappa shape index (κ2) is 12.7. The van der Waals surface area contributed by atoms with Crippen molar-refractivity contribution < 1.29 is 39.6 Å². The molecule has 0 aromatic heterocycles. The van der Waals surface area contributed by atoms with Crippen LogP contribution in [0.4, 0.5) is 0 Å². The Morgan fingerprint density at radius 3 is 0.957 bits per heavy atom. The minimum atomic E-state index is -1.04. The van der Waals surface area contributed by atoms with Gasteiger partial charge in [-0.15, -0.1) is 47.0 Å². The number of thioether (sulfide) groups is 4. The SMILES string of the molecule is O=C(O)CSC(CC(SCC(=O)O)SCC(=O)O)SCC(=O)O. The molecule has 0 amide bonds. The first kappa shape index (κ1) is 22.3. The summed E-state index contributed by atoms with van der Waals surface area (Å²) in [5.74, 6) is -5.00. The minimum Gasteiger partial charge on any atom is -0.481 e. The van der Waals surface area contributed by atoms with Crippen molar-refractivity contribution in [3.05, 3.63) is 0 Å². The van der Waals surface area contributed by atoms with Gasteiger partial charge in [0, 0.05) is 0 Å². The van der Waals surface area contributed by atoms with Gasteiger partial charge in [-0.3, -0.25) is 19.2 Å². The highest BCUT2D eigenvalue weighted by molar-refractivity contribution is 8.19. The molecule has 12 heteroatoms. The molecule has 0 aliphatic rings. The second-order valence-electron chi connectivity index (χ2n) is 3.91. The van der Waals surface area contributed by atoms with Gasteiger partial charge in [-0.2, -0.15) is 0 Å². The van der Waals surface area contributed by atoms with Gasteiger partial charge >= 0.3 is 23.9 Å². The molecule has 0 radical (unpaired) electrons. The summed E-state index contributed by atoms with van der Waals surface area (Å²) < 4.78 is -0.760. The van der Waals surface area contributed by atoms with Gasteiger partial charge in [-0.05, 0) is 6.42 Å². The van der Waals surface area contributed by atoms with E-state index in [0.29, 0.717) is 6.42 Å². The average Bonchev–Trinajstić information content (AvgIpc) is 2.43. The van der Waals surface area contributed by atoms with Gasteiger partial charge in [0.1, 0.15) is 0 Å². The van der Waals surface area contributed by atoms with E-state index in [1.807, 2.05) is 0 Å². The van der Waals surface area contributed by atoms with Crippen LogP contribution in [0.1, 0.15) is 6.42 Å². The Hall–Kier alpha value is -0.720. The van der Waals surface area contributed by atoms with Crippen molar-refractivity contribution >= 4 is 70.9 Å². The molecule has 8 nitrogen and oxygen atoms in total. The smallest absolute Gasteiger partial charge is 0.313 e. The normalized spacial score (nSPS) is 10.9. The van der Waals surface area contributed by atoms with Crippen molar-refractivity contribution in [1.29, 1.82) is 0 Å². The van der Waals surface area contributed by atoms with Crippen LogP contribution in [0.3, 0.4) is 0 Å². The molecule has 0 bridgehead atoms. The Labute approximate surface area is 149 Å². The number of rotatable bonds is 14. The van der Waals surface area contributed by atoms with Crippen molar-refractivity contribution in [2.75, 3.05) is 23.0 Å². The number of aliphatic carboxylic acids is 4. The Morgan fingerprint density at radius 2 is 0.783 bits per heavy atom.